The number of aromatic nitrogens is 2. The molecule has 4 heteroatoms. The SMILES string of the molecule is c1ccc2c(c1)NCCCC2NCCc1ccc(-n2cccn2)cc1. The minimum absolute atomic E-state index is 0.439. The largest absolute Gasteiger partial charge is 0.385 e. The summed E-state index contributed by atoms with van der Waals surface area (Å²) in [6.45, 7) is 2.05. The Bertz CT molecular complexity index is 793. The van der Waals surface area contributed by atoms with E-state index in [0.29, 0.717) is 6.04 Å². The molecule has 1 atom stereocenters. The molecule has 0 bridgehead atoms. The number of fused-ring (bicyclic) bond motifs is 1. The average Bonchev–Trinajstić information content (AvgIpc) is 3.12. The summed E-state index contributed by atoms with van der Waals surface area (Å²) in [5.74, 6) is 0. The van der Waals surface area contributed by atoms with Crippen molar-refractivity contribution in [1.82, 2.24) is 15.1 Å². The molecule has 0 radical (unpaired) electrons. The first-order valence-corrected chi connectivity index (χ1v) is 9.05. The van der Waals surface area contributed by atoms with Crippen LogP contribution in [-0.2, 0) is 6.42 Å². The number of anilines is 1. The molecular weight excluding hydrogens is 308 g/mol. The molecule has 3 aromatic rings. The first kappa shape index (κ1) is 15.9. The van der Waals surface area contributed by atoms with Gasteiger partial charge in [-0.05, 0) is 61.2 Å². The first-order valence-electron chi connectivity index (χ1n) is 9.05. The van der Waals surface area contributed by atoms with Crippen LogP contribution in [0, 0.1) is 0 Å². The molecule has 25 heavy (non-hydrogen) atoms. The molecule has 0 saturated carbocycles. The average molecular weight is 332 g/mol. The predicted octanol–water partition coefficient (Wildman–Crippen LogP) is 3.95. The molecule has 1 aromatic heterocycles. The number of benzene rings is 2. The second kappa shape index (κ2) is 7.53. The van der Waals surface area contributed by atoms with Gasteiger partial charge in [-0.1, -0.05) is 30.3 Å². The van der Waals surface area contributed by atoms with E-state index in [1.165, 1.54) is 29.7 Å². The third-order valence-electron chi connectivity index (χ3n) is 4.83. The Balaban J connectivity index is 1.36. The zero-order chi connectivity index (χ0) is 16.9. The van der Waals surface area contributed by atoms with Crippen LogP contribution < -0.4 is 10.6 Å². The number of hydrogen-bond donors (Lipinski definition) is 2. The molecule has 2 heterocycles. The molecule has 1 unspecified atom stereocenters. The zero-order valence-electron chi connectivity index (χ0n) is 14.4. The van der Waals surface area contributed by atoms with Crippen LogP contribution >= 0.6 is 0 Å². The second-order valence-electron chi connectivity index (χ2n) is 6.53. The lowest BCUT2D eigenvalue weighted by atomic mass is 10.0. The van der Waals surface area contributed by atoms with Gasteiger partial charge in [0.2, 0.25) is 0 Å². The fourth-order valence-corrected chi connectivity index (χ4v) is 3.49. The van der Waals surface area contributed by atoms with E-state index >= 15 is 0 Å². The predicted molar refractivity (Wildman–Crippen MR) is 102 cm³/mol. The second-order valence-corrected chi connectivity index (χ2v) is 6.53. The lowest BCUT2D eigenvalue weighted by Crippen LogP contribution is -2.23. The Kier molecular flexibility index (Phi) is 4.79. The molecule has 0 aliphatic carbocycles. The fraction of sp³-hybridized carbons (Fsp3) is 0.286. The van der Waals surface area contributed by atoms with Gasteiger partial charge < -0.3 is 10.6 Å². The molecule has 0 saturated heterocycles. The van der Waals surface area contributed by atoms with E-state index in [-0.39, 0.29) is 0 Å². The van der Waals surface area contributed by atoms with Gasteiger partial charge >= 0.3 is 0 Å². The molecule has 1 aliphatic rings. The van der Waals surface area contributed by atoms with Gasteiger partial charge in [-0.15, -0.1) is 0 Å². The zero-order valence-corrected chi connectivity index (χ0v) is 14.4. The van der Waals surface area contributed by atoms with Crippen molar-refractivity contribution in [1.29, 1.82) is 0 Å². The van der Waals surface area contributed by atoms with Gasteiger partial charge in [-0.3, -0.25) is 0 Å². The van der Waals surface area contributed by atoms with Gasteiger partial charge in [-0.2, -0.15) is 5.10 Å². The van der Waals surface area contributed by atoms with Gasteiger partial charge in [0.15, 0.2) is 0 Å². The number of para-hydroxylation sites is 1. The van der Waals surface area contributed by atoms with Crippen molar-refractivity contribution in [3.63, 3.8) is 0 Å². The van der Waals surface area contributed by atoms with E-state index in [4.69, 9.17) is 0 Å². The van der Waals surface area contributed by atoms with Crippen LogP contribution in [0.25, 0.3) is 5.69 Å². The van der Waals surface area contributed by atoms with Crippen LogP contribution in [0.2, 0.25) is 0 Å². The highest BCUT2D eigenvalue weighted by Crippen LogP contribution is 2.29. The van der Waals surface area contributed by atoms with Crippen molar-refractivity contribution in [2.45, 2.75) is 25.3 Å². The number of rotatable bonds is 5. The highest BCUT2D eigenvalue weighted by molar-refractivity contribution is 5.53. The smallest absolute Gasteiger partial charge is 0.0645 e. The maximum Gasteiger partial charge on any atom is 0.0645 e. The molecule has 128 valence electrons. The van der Waals surface area contributed by atoms with Crippen LogP contribution in [0.1, 0.15) is 30.0 Å². The van der Waals surface area contributed by atoms with E-state index in [0.717, 1.165) is 25.2 Å². The summed E-state index contributed by atoms with van der Waals surface area (Å²) in [6.07, 6.45) is 7.18. The summed E-state index contributed by atoms with van der Waals surface area (Å²) in [5, 5.41) is 11.6. The van der Waals surface area contributed by atoms with Crippen LogP contribution in [0.5, 0.6) is 0 Å². The number of nitrogens with one attached hydrogen (secondary N) is 2. The van der Waals surface area contributed by atoms with Gasteiger partial charge in [0, 0.05) is 30.7 Å². The minimum Gasteiger partial charge on any atom is -0.385 e. The van der Waals surface area contributed by atoms with Crippen LogP contribution in [0.4, 0.5) is 5.69 Å². The van der Waals surface area contributed by atoms with E-state index in [1.807, 2.05) is 16.9 Å². The summed E-state index contributed by atoms with van der Waals surface area (Å²) < 4.78 is 1.89. The number of nitrogens with zero attached hydrogens (tertiary/aromatic N) is 2. The summed E-state index contributed by atoms with van der Waals surface area (Å²) in [7, 11) is 0. The summed E-state index contributed by atoms with van der Waals surface area (Å²) in [4.78, 5) is 0. The van der Waals surface area contributed by atoms with E-state index in [1.54, 1.807) is 6.20 Å². The topological polar surface area (TPSA) is 41.9 Å². The Hall–Kier alpha value is -2.59. The standard InChI is InChI=1S/C21H24N4/c1-2-6-20-19(5-1)21(7-3-13-22-20)23-15-12-17-8-10-18(11-9-17)25-16-4-14-24-25/h1-2,4-6,8-11,14,16,21-23H,3,7,12-13,15H2. The van der Waals surface area contributed by atoms with Gasteiger partial charge in [0.05, 0.1) is 5.69 Å². The van der Waals surface area contributed by atoms with E-state index < -0.39 is 0 Å². The summed E-state index contributed by atoms with van der Waals surface area (Å²) in [5.41, 5.74) is 5.13. The quantitative estimate of drug-likeness (QED) is 0.743. The molecule has 0 amide bonds. The minimum atomic E-state index is 0.439. The number of hydrogen-bond acceptors (Lipinski definition) is 3. The monoisotopic (exact) mass is 332 g/mol. The van der Waals surface area contributed by atoms with Crippen molar-refractivity contribution < 1.29 is 0 Å². The highest BCUT2D eigenvalue weighted by Gasteiger charge is 2.17. The maximum absolute atomic E-state index is 4.27. The molecule has 4 nitrogen and oxygen atoms in total. The molecule has 4 rings (SSSR count). The Morgan fingerprint density at radius 2 is 1.96 bits per heavy atom. The van der Waals surface area contributed by atoms with Crippen molar-refractivity contribution in [2.24, 2.45) is 0 Å². The van der Waals surface area contributed by atoms with Crippen molar-refractivity contribution >= 4 is 5.69 Å². The molecule has 0 fully saturated rings. The van der Waals surface area contributed by atoms with Crippen LogP contribution in [0.3, 0.4) is 0 Å². The molecule has 0 spiro atoms. The lowest BCUT2D eigenvalue weighted by molar-refractivity contribution is 0.501. The summed E-state index contributed by atoms with van der Waals surface area (Å²) in [6, 6.07) is 19.7. The molecule has 2 aromatic carbocycles. The van der Waals surface area contributed by atoms with Crippen LogP contribution in [-0.4, -0.2) is 22.9 Å². The van der Waals surface area contributed by atoms with Crippen LogP contribution in [0.15, 0.2) is 67.0 Å². The highest BCUT2D eigenvalue weighted by atomic mass is 15.3. The van der Waals surface area contributed by atoms with Gasteiger partial charge in [0.25, 0.3) is 0 Å². The fourth-order valence-electron chi connectivity index (χ4n) is 3.49. The molecule has 2 N–H and O–H groups in total. The van der Waals surface area contributed by atoms with Crippen molar-refractivity contribution in [3.8, 4) is 5.69 Å². The third kappa shape index (κ3) is 3.74. The van der Waals surface area contributed by atoms with Gasteiger partial charge in [0.1, 0.15) is 0 Å². The van der Waals surface area contributed by atoms with Crippen molar-refractivity contribution in [3.05, 3.63) is 78.1 Å². The van der Waals surface area contributed by atoms with E-state index in [2.05, 4.69) is 64.3 Å². The first-order chi connectivity index (χ1) is 12.4. The third-order valence-corrected chi connectivity index (χ3v) is 4.83. The lowest BCUT2D eigenvalue weighted by Gasteiger charge is -2.19. The Morgan fingerprint density at radius 1 is 1.08 bits per heavy atom. The molecular formula is C21H24N4. The maximum atomic E-state index is 4.27. The molecule has 1 aliphatic heterocycles. The Labute approximate surface area is 148 Å². The van der Waals surface area contributed by atoms with E-state index in [9.17, 15) is 0 Å². The van der Waals surface area contributed by atoms with Crippen molar-refractivity contribution in [2.75, 3.05) is 18.4 Å². The normalized spacial score (nSPS) is 16.7. The summed E-state index contributed by atoms with van der Waals surface area (Å²) >= 11 is 0. The van der Waals surface area contributed by atoms with Gasteiger partial charge in [-0.25, -0.2) is 4.68 Å². The Morgan fingerprint density at radius 3 is 2.80 bits per heavy atom.